The molecule has 1 amide bonds. The molecule has 0 saturated carbocycles. The molecular weight excluding hydrogens is 272 g/mol. The van der Waals surface area contributed by atoms with Gasteiger partial charge in [-0.1, -0.05) is 0 Å². The molecule has 0 bridgehead atoms. The van der Waals surface area contributed by atoms with Crippen molar-refractivity contribution in [2.45, 2.75) is 45.3 Å². The highest BCUT2D eigenvalue weighted by molar-refractivity contribution is 5.78. The van der Waals surface area contributed by atoms with Crippen LogP contribution in [-0.2, 0) is 14.3 Å². The van der Waals surface area contributed by atoms with Gasteiger partial charge in [-0.15, -0.1) is 0 Å². The van der Waals surface area contributed by atoms with Gasteiger partial charge in [-0.25, -0.2) is 0 Å². The number of aliphatic carboxylic acids is 1. The van der Waals surface area contributed by atoms with Crippen LogP contribution >= 0.6 is 0 Å². The summed E-state index contributed by atoms with van der Waals surface area (Å²) in [5.41, 5.74) is 0. The van der Waals surface area contributed by atoms with E-state index in [4.69, 9.17) is 9.84 Å². The Morgan fingerprint density at radius 2 is 1.86 bits per heavy atom. The van der Waals surface area contributed by atoms with Crippen LogP contribution in [0.1, 0.15) is 33.1 Å². The standard InChI is InChI=1S/C15H26N2O4/c1-11-7-17(8-12(2)21-11)14(18)10-16-5-3-4-13(9-16)6-15(19)20/h11-13H,3-10H2,1-2H3,(H,19,20). The molecule has 2 fully saturated rings. The third-order valence-electron chi connectivity index (χ3n) is 4.20. The zero-order valence-electron chi connectivity index (χ0n) is 13.0. The fraction of sp³-hybridized carbons (Fsp3) is 0.867. The van der Waals surface area contributed by atoms with Crippen LogP contribution in [0, 0.1) is 5.92 Å². The normalized spacial score (nSPS) is 31.1. The number of morpholine rings is 1. The van der Waals surface area contributed by atoms with Crippen molar-refractivity contribution in [1.82, 2.24) is 9.80 Å². The number of amides is 1. The molecule has 1 N–H and O–H groups in total. The molecule has 0 spiro atoms. The Hall–Kier alpha value is -1.14. The first-order valence-corrected chi connectivity index (χ1v) is 7.81. The van der Waals surface area contributed by atoms with E-state index in [2.05, 4.69) is 4.90 Å². The number of likely N-dealkylation sites (tertiary alicyclic amines) is 1. The monoisotopic (exact) mass is 298 g/mol. The van der Waals surface area contributed by atoms with Gasteiger partial charge in [-0.3, -0.25) is 14.5 Å². The summed E-state index contributed by atoms with van der Waals surface area (Å²) >= 11 is 0. The topological polar surface area (TPSA) is 70.1 Å². The lowest BCUT2D eigenvalue weighted by atomic mass is 9.95. The highest BCUT2D eigenvalue weighted by Gasteiger charge is 2.29. The van der Waals surface area contributed by atoms with E-state index in [9.17, 15) is 9.59 Å². The van der Waals surface area contributed by atoms with Crippen LogP contribution in [-0.4, -0.2) is 71.7 Å². The first kappa shape index (κ1) is 16.2. The summed E-state index contributed by atoms with van der Waals surface area (Å²) < 4.78 is 5.64. The number of rotatable bonds is 4. The van der Waals surface area contributed by atoms with Gasteiger partial charge < -0.3 is 14.7 Å². The second kappa shape index (κ2) is 7.22. The Bertz CT molecular complexity index is 378. The smallest absolute Gasteiger partial charge is 0.303 e. The summed E-state index contributed by atoms with van der Waals surface area (Å²) in [5, 5.41) is 8.89. The van der Waals surface area contributed by atoms with Gasteiger partial charge in [0.1, 0.15) is 0 Å². The van der Waals surface area contributed by atoms with Crippen LogP contribution in [0.5, 0.6) is 0 Å². The van der Waals surface area contributed by atoms with E-state index in [1.54, 1.807) is 0 Å². The largest absolute Gasteiger partial charge is 0.481 e. The Balaban J connectivity index is 1.82. The second-order valence-corrected chi connectivity index (χ2v) is 6.40. The fourth-order valence-electron chi connectivity index (χ4n) is 3.38. The fourth-order valence-corrected chi connectivity index (χ4v) is 3.38. The van der Waals surface area contributed by atoms with Gasteiger partial charge >= 0.3 is 5.97 Å². The summed E-state index contributed by atoms with van der Waals surface area (Å²) in [6.45, 7) is 7.27. The van der Waals surface area contributed by atoms with Crippen molar-refractivity contribution in [1.29, 1.82) is 0 Å². The predicted octanol–water partition coefficient (Wildman–Crippen LogP) is 0.809. The van der Waals surface area contributed by atoms with Crippen molar-refractivity contribution < 1.29 is 19.4 Å². The van der Waals surface area contributed by atoms with Crippen molar-refractivity contribution in [3.63, 3.8) is 0 Å². The van der Waals surface area contributed by atoms with Gasteiger partial charge in [-0.05, 0) is 39.2 Å². The number of piperidine rings is 1. The highest BCUT2D eigenvalue weighted by Crippen LogP contribution is 2.20. The number of hydrogen-bond acceptors (Lipinski definition) is 4. The molecule has 2 saturated heterocycles. The van der Waals surface area contributed by atoms with Crippen molar-refractivity contribution in [3.05, 3.63) is 0 Å². The molecule has 2 heterocycles. The van der Waals surface area contributed by atoms with E-state index < -0.39 is 5.97 Å². The van der Waals surface area contributed by atoms with Crippen LogP contribution in [0.15, 0.2) is 0 Å². The number of carbonyl (C=O) groups is 2. The molecule has 0 radical (unpaired) electrons. The number of carboxylic acid groups (broad SMARTS) is 1. The number of nitrogens with zero attached hydrogens (tertiary/aromatic N) is 2. The molecule has 6 nitrogen and oxygen atoms in total. The Morgan fingerprint density at radius 1 is 1.19 bits per heavy atom. The van der Waals surface area contributed by atoms with E-state index in [0.29, 0.717) is 26.2 Å². The maximum absolute atomic E-state index is 12.4. The lowest BCUT2D eigenvalue weighted by Gasteiger charge is -2.38. The first-order chi connectivity index (χ1) is 9.94. The van der Waals surface area contributed by atoms with Crippen LogP contribution in [0.3, 0.4) is 0 Å². The number of hydrogen-bond donors (Lipinski definition) is 1. The van der Waals surface area contributed by atoms with Gasteiger partial charge in [0.05, 0.1) is 18.8 Å². The molecule has 21 heavy (non-hydrogen) atoms. The van der Waals surface area contributed by atoms with Gasteiger partial charge in [0, 0.05) is 26.1 Å². The number of carbonyl (C=O) groups excluding carboxylic acids is 1. The minimum Gasteiger partial charge on any atom is -0.481 e. The predicted molar refractivity (Wildman–Crippen MR) is 78.0 cm³/mol. The third kappa shape index (κ3) is 4.97. The molecule has 3 unspecified atom stereocenters. The Kier molecular flexibility index (Phi) is 5.58. The molecule has 2 rings (SSSR count). The quantitative estimate of drug-likeness (QED) is 0.831. The molecule has 120 valence electrons. The van der Waals surface area contributed by atoms with E-state index in [1.807, 2.05) is 18.7 Å². The molecular formula is C15H26N2O4. The van der Waals surface area contributed by atoms with Crippen LogP contribution < -0.4 is 0 Å². The SMILES string of the molecule is CC1CN(C(=O)CN2CCCC(CC(=O)O)C2)CC(C)O1. The van der Waals surface area contributed by atoms with E-state index in [1.165, 1.54) is 0 Å². The molecule has 0 aromatic rings. The van der Waals surface area contributed by atoms with Gasteiger partial charge in [0.25, 0.3) is 0 Å². The van der Waals surface area contributed by atoms with Crippen molar-refractivity contribution in [2.24, 2.45) is 5.92 Å². The van der Waals surface area contributed by atoms with Crippen molar-refractivity contribution >= 4 is 11.9 Å². The third-order valence-corrected chi connectivity index (χ3v) is 4.20. The van der Waals surface area contributed by atoms with E-state index in [-0.39, 0.29) is 30.5 Å². The summed E-state index contributed by atoms with van der Waals surface area (Å²) in [5.74, 6) is -0.441. The van der Waals surface area contributed by atoms with E-state index >= 15 is 0 Å². The molecule has 2 aliphatic heterocycles. The van der Waals surface area contributed by atoms with Crippen molar-refractivity contribution in [2.75, 3.05) is 32.7 Å². The maximum atomic E-state index is 12.4. The minimum absolute atomic E-state index is 0.0822. The maximum Gasteiger partial charge on any atom is 0.303 e. The van der Waals surface area contributed by atoms with Crippen LogP contribution in [0.2, 0.25) is 0 Å². The van der Waals surface area contributed by atoms with Gasteiger partial charge in [-0.2, -0.15) is 0 Å². The zero-order chi connectivity index (χ0) is 15.4. The molecule has 0 aromatic heterocycles. The summed E-state index contributed by atoms with van der Waals surface area (Å²) in [6, 6.07) is 0. The molecule has 2 aliphatic rings. The molecule has 0 aliphatic carbocycles. The van der Waals surface area contributed by atoms with E-state index in [0.717, 1.165) is 19.4 Å². The Morgan fingerprint density at radius 3 is 2.48 bits per heavy atom. The summed E-state index contributed by atoms with van der Waals surface area (Å²) in [4.78, 5) is 27.2. The summed E-state index contributed by atoms with van der Waals surface area (Å²) in [6.07, 6.45) is 2.29. The van der Waals surface area contributed by atoms with Gasteiger partial charge in [0.15, 0.2) is 0 Å². The lowest BCUT2D eigenvalue weighted by molar-refractivity contribution is -0.144. The summed E-state index contributed by atoms with van der Waals surface area (Å²) in [7, 11) is 0. The molecule has 0 aromatic carbocycles. The second-order valence-electron chi connectivity index (χ2n) is 6.40. The van der Waals surface area contributed by atoms with Crippen LogP contribution in [0.4, 0.5) is 0 Å². The average molecular weight is 298 g/mol. The highest BCUT2D eigenvalue weighted by atomic mass is 16.5. The van der Waals surface area contributed by atoms with Crippen LogP contribution in [0.25, 0.3) is 0 Å². The molecule has 6 heteroatoms. The van der Waals surface area contributed by atoms with Crippen molar-refractivity contribution in [3.8, 4) is 0 Å². The molecule has 3 atom stereocenters. The first-order valence-electron chi connectivity index (χ1n) is 7.81. The lowest BCUT2D eigenvalue weighted by Crippen LogP contribution is -2.52. The Labute approximate surface area is 126 Å². The zero-order valence-corrected chi connectivity index (χ0v) is 13.0. The number of ether oxygens (including phenoxy) is 1. The van der Waals surface area contributed by atoms with Gasteiger partial charge in [0.2, 0.25) is 5.91 Å². The average Bonchev–Trinajstić information content (AvgIpc) is 2.37. The minimum atomic E-state index is -0.746. The number of carboxylic acids is 1.